The van der Waals surface area contributed by atoms with Crippen molar-refractivity contribution >= 4 is 39.6 Å². The lowest BCUT2D eigenvalue weighted by molar-refractivity contribution is -0.112. The van der Waals surface area contributed by atoms with Gasteiger partial charge in [-0.2, -0.15) is 5.26 Å². The highest BCUT2D eigenvalue weighted by atomic mass is 79.9. The normalized spacial score (nSPS) is 10.8. The number of hydrogen-bond donors (Lipinski definition) is 1. The fraction of sp³-hybridized carbons (Fsp3) is 0.227. The number of esters is 1. The Balaban J connectivity index is 2.06. The quantitative estimate of drug-likeness (QED) is 0.262. The number of anilines is 1. The van der Waals surface area contributed by atoms with Crippen LogP contribution in [0, 0.1) is 11.3 Å². The number of rotatable bonds is 8. The van der Waals surface area contributed by atoms with E-state index in [0.717, 1.165) is 12.8 Å². The number of halogens is 1. The fourth-order valence-electron chi connectivity index (χ4n) is 2.37. The van der Waals surface area contributed by atoms with E-state index in [2.05, 4.69) is 21.2 Å². The van der Waals surface area contributed by atoms with Crippen molar-refractivity contribution in [3.63, 3.8) is 0 Å². The third-order valence-electron chi connectivity index (χ3n) is 3.96. The number of benzene rings is 2. The van der Waals surface area contributed by atoms with Crippen LogP contribution in [0.4, 0.5) is 5.69 Å². The molecule has 0 bridgehead atoms. The van der Waals surface area contributed by atoms with Gasteiger partial charge in [-0.05, 0) is 70.4 Å². The number of carbonyl (C=O) groups excluding carboxylic acids is 2. The number of carbonyl (C=O) groups is 2. The largest absolute Gasteiger partial charge is 0.496 e. The summed E-state index contributed by atoms with van der Waals surface area (Å²) in [5.41, 5.74) is 1.50. The Kier molecular flexibility index (Phi) is 8.44. The van der Waals surface area contributed by atoms with Crippen molar-refractivity contribution in [1.29, 1.82) is 5.26 Å². The van der Waals surface area contributed by atoms with E-state index in [4.69, 9.17) is 9.47 Å². The van der Waals surface area contributed by atoms with Crippen LogP contribution in [0.5, 0.6) is 5.75 Å². The summed E-state index contributed by atoms with van der Waals surface area (Å²) < 4.78 is 11.0. The molecule has 0 aliphatic rings. The van der Waals surface area contributed by atoms with Crippen LogP contribution in [-0.4, -0.2) is 25.6 Å². The Morgan fingerprint density at radius 1 is 1.21 bits per heavy atom. The van der Waals surface area contributed by atoms with Crippen molar-refractivity contribution in [2.24, 2.45) is 0 Å². The van der Waals surface area contributed by atoms with Gasteiger partial charge >= 0.3 is 5.97 Å². The Hall–Kier alpha value is -3.11. The first-order chi connectivity index (χ1) is 14.0. The molecule has 29 heavy (non-hydrogen) atoms. The van der Waals surface area contributed by atoms with E-state index < -0.39 is 11.9 Å². The molecule has 0 spiro atoms. The van der Waals surface area contributed by atoms with Gasteiger partial charge in [0.15, 0.2) is 0 Å². The molecule has 2 aromatic carbocycles. The molecule has 2 aromatic rings. The van der Waals surface area contributed by atoms with E-state index in [1.54, 1.807) is 49.6 Å². The maximum atomic E-state index is 12.4. The zero-order valence-electron chi connectivity index (χ0n) is 16.2. The number of nitrogens with one attached hydrogen (secondary N) is 1. The first kappa shape index (κ1) is 22.2. The van der Waals surface area contributed by atoms with Gasteiger partial charge in [-0.15, -0.1) is 0 Å². The predicted octanol–water partition coefficient (Wildman–Crippen LogP) is 4.96. The molecule has 0 aliphatic heterocycles. The maximum Gasteiger partial charge on any atom is 0.338 e. The van der Waals surface area contributed by atoms with Crippen LogP contribution in [0.25, 0.3) is 6.08 Å². The third-order valence-corrected chi connectivity index (χ3v) is 4.58. The molecule has 0 saturated carbocycles. The number of nitriles is 1. The van der Waals surface area contributed by atoms with Gasteiger partial charge in [0, 0.05) is 5.69 Å². The number of hydrogen-bond acceptors (Lipinski definition) is 5. The Morgan fingerprint density at radius 2 is 1.93 bits per heavy atom. The Labute approximate surface area is 178 Å². The molecule has 0 aliphatic carbocycles. The predicted molar refractivity (Wildman–Crippen MR) is 115 cm³/mol. The number of ether oxygens (including phenoxy) is 2. The van der Waals surface area contributed by atoms with Crippen LogP contribution in [0.15, 0.2) is 52.5 Å². The van der Waals surface area contributed by atoms with Gasteiger partial charge in [0.05, 0.1) is 23.8 Å². The van der Waals surface area contributed by atoms with E-state index in [0.29, 0.717) is 33.6 Å². The van der Waals surface area contributed by atoms with E-state index >= 15 is 0 Å². The van der Waals surface area contributed by atoms with Crippen molar-refractivity contribution in [3.8, 4) is 11.8 Å². The highest BCUT2D eigenvalue weighted by molar-refractivity contribution is 9.10. The van der Waals surface area contributed by atoms with Crippen molar-refractivity contribution in [1.82, 2.24) is 0 Å². The number of unbranched alkanes of at least 4 members (excludes halogenated alkanes) is 1. The van der Waals surface area contributed by atoms with Gasteiger partial charge in [0.2, 0.25) is 0 Å². The van der Waals surface area contributed by atoms with Crippen LogP contribution in [0.2, 0.25) is 0 Å². The van der Waals surface area contributed by atoms with E-state index in [-0.39, 0.29) is 5.57 Å². The van der Waals surface area contributed by atoms with Gasteiger partial charge in [-0.3, -0.25) is 4.79 Å². The van der Waals surface area contributed by atoms with E-state index in [1.807, 2.05) is 13.0 Å². The van der Waals surface area contributed by atoms with Gasteiger partial charge in [-0.1, -0.05) is 19.4 Å². The van der Waals surface area contributed by atoms with Crippen molar-refractivity contribution in [3.05, 3.63) is 63.6 Å². The summed E-state index contributed by atoms with van der Waals surface area (Å²) in [6.07, 6.45) is 3.24. The first-order valence-electron chi connectivity index (χ1n) is 9.02. The number of methoxy groups -OCH3 is 1. The zero-order chi connectivity index (χ0) is 21.2. The molecule has 1 amide bonds. The van der Waals surface area contributed by atoms with E-state index in [9.17, 15) is 14.9 Å². The van der Waals surface area contributed by atoms with Crippen molar-refractivity contribution in [2.45, 2.75) is 19.8 Å². The number of nitrogens with zero attached hydrogens (tertiary/aromatic N) is 1. The Morgan fingerprint density at radius 3 is 2.52 bits per heavy atom. The average molecular weight is 457 g/mol. The molecule has 0 heterocycles. The fourth-order valence-corrected chi connectivity index (χ4v) is 2.93. The average Bonchev–Trinajstić information content (AvgIpc) is 2.72. The van der Waals surface area contributed by atoms with Gasteiger partial charge in [0.1, 0.15) is 17.4 Å². The second-order valence-corrected chi connectivity index (χ2v) is 6.94. The van der Waals surface area contributed by atoms with Gasteiger partial charge in [-0.25, -0.2) is 4.79 Å². The SMILES string of the molecule is CCCCOC(=O)c1ccc(NC(=O)/C(C#N)=C\c2ccc(OC)c(Br)c2)cc1. The first-order valence-corrected chi connectivity index (χ1v) is 9.81. The molecular weight excluding hydrogens is 436 g/mol. The van der Waals surface area contributed by atoms with Crippen molar-refractivity contribution in [2.75, 3.05) is 19.0 Å². The molecule has 0 atom stereocenters. The lowest BCUT2D eigenvalue weighted by Gasteiger charge is -2.07. The van der Waals surface area contributed by atoms with Crippen molar-refractivity contribution < 1.29 is 19.1 Å². The van der Waals surface area contributed by atoms with Crippen LogP contribution >= 0.6 is 15.9 Å². The molecule has 0 saturated heterocycles. The maximum absolute atomic E-state index is 12.4. The third kappa shape index (κ3) is 6.47. The van der Waals surface area contributed by atoms with Crippen LogP contribution in [0.1, 0.15) is 35.7 Å². The van der Waals surface area contributed by atoms with Crippen LogP contribution in [-0.2, 0) is 9.53 Å². The standard InChI is InChI=1S/C22H21BrN2O4/c1-3-4-11-29-22(27)16-6-8-18(9-7-16)25-21(26)17(14-24)12-15-5-10-20(28-2)19(23)13-15/h5-10,12-13H,3-4,11H2,1-2H3,(H,25,26)/b17-12-. The molecule has 0 fully saturated rings. The highest BCUT2D eigenvalue weighted by Gasteiger charge is 2.12. The summed E-state index contributed by atoms with van der Waals surface area (Å²) in [5.74, 6) is -0.296. The monoisotopic (exact) mass is 456 g/mol. The zero-order valence-corrected chi connectivity index (χ0v) is 17.8. The number of amides is 1. The van der Waals surface area contributed by atoms with Crippen LogP contribution < -0.4 is 10.1 Å². The minimum atomic E-state index is -0.544. The lowest BCUT2D eigenvalue weighted by Crippen LogP contribution is -2.13. The minimum Gasteiger partial charge on any atom is -0.496 e. The molecule has 7 heteroatoms. The summed E-state index contributed by atoms with van der Waals surface area (Å²) in [4.78, 5) is 24.3. The van der Waals surface area contributed by atoms with Gasteiger partial charge < -0.3 is 14.8 Å². The summed E-state index contributed by atoms with van der Waals surface area (Å²) >= 11 is 3.37. The summed E-state index contributed by atoms with van der Waals surface area (Å²) in [7, 11) is 1.56. The second kappa shape index (κ2) is 11.0. The topological polar surface area (TPSA) is 88.4 Å². The summed E-state index contributed by atoms with van der Waals surface area (Å²) in [6.45, 7) is 2.40. The second-order valence-electron chi connectivity index (χ2n) is 6.08. The molecular formula is C22H21BrN2O4. The van der Waals surface area contributed by atoms with Gasteiger partial charge in [0.25, 0.3) is 5.91 Å². The van der Waals surface area contributed by atoms with E-state index in [1.165, 1.54) is 6.08 Å². The highest BCUT2D eigenvalue weighted by Crippen LogP contribution is 2.26. The Bertz CT molecular complexity index is 946. The minimum absolute atomic E-state index is 0.0508. The molecule has 0 aromatic heterocycles. The summed E-state index contributed by atoms with van der Waals surface area (Å²) in [6, 6.07) is 13.5. The molecule has 0 unspecified atom stereocenters. The molecule has 1 N–H and O–H groups in total. The summed E-state index contributed by atoms with van der Waals surface area (Å²) in [5, 5.41) is 12.0. The molecule has 150 valence electrons. The van der Waals surface area contributed by atoms with Crippen LogP contribution in [0.3, 0.4) is 0 Å². The molecule has 2 rings (SSSR count). The lowest BCUT2D eigenvalue weighted by atomic mass is 10.1. The smallest absolute Gasteiger partial charge is 0.338 e. The molecule has 0 radical (unpaired) electrons. The molecule has 6 nitrogen and oxygen atoms in total.